The van der Waals surface area contributed by atoms with Gasteiger partial charge >= 0.3 is 0 Å². The number of carbonyl (C=O) groups excluding carboxylic acids is 2. The number of nitrogens with zero attached hydrogens (tertiary/aromatic N) is 1. The van der Waals surface area contributed by atoms with Crippen molar-refractivity contribution in [1.29, 1.82) is 0 Å². The third kappa shape index (κ3) is 4.89. The number of carbonyl (C=O) groups is 2. The first-order chi connectivity index (χ1) is 10.4. The third-order valence-electron chi connectivity index (χ3n) is 3.45. The van der Waals surface area contributed by atoms with E-state index >= 15 is 0 Å². The summed E-state index contributed by atoms with van der Waals surface area (Å²) in [7, 11) is 1.57. The molecule has 0 saturated carbocycles. The maximum atomic E-state index is 12.4. The fraction of sp³-hybridized carbons (Fsp3) is 0.500. The topological polar surface area (TPSA) is 49.4 Å². The van der Waals surface area contributed by atoms with Gasteiger partial charge in [0.15, 0.2) is 0 Å². The molecule has 0 bridgehead atoms. The molecule has 1 atom stereocenters. The van der Waals surface area contributed by atoms with Crippen LogP contribution in [-0.2, 0) is 16.1 Å². The minimum Gasteiger partial charge on any atom is -0.357 e. The van der Waals surface area contributed by atoms with E-state index in [1.165, 1.54) is 0 Å². The Morgan fingerprint density at radius 1 is 1.27 bits per heavy atom. The lowest BCUT2D eigenvalue weighted by molar-refractivity contribution is -0.141. The molecule has 4 nitrogen and oxygen atoms in total. The number of hydrogen-bond acceptors (Lipinski definition) is 2. The Kier molecular flexibility index (Phi) is 7.69. The van der Waals surface area contributed by atoms with E-state index in [0.717, 1.165) is 12.0 Å². The Bertz CT molecular complexity index is 535. The molecule has 6 heteroatoms. The molecule has 0 aliphatic rings. The molecular formula is C16H22Cl2N2O2. The van der Waals surface area contributed by atoms with Gasteiger partial charge in [-0.1, -0.05) is 43.1 Å². The quantitative estimate of drug-likeness (QED) is 0.820. The lowest BCUT2D eigenvalue weighted by Crippen LogP contribution is -2.48. The standard InChI is InChI=1S/C16H22Cl2N2O2/c1-4-6-15(21)20(14(5-2)16(22)19-3)10-11-7-8-12(17)9-13(11)18/h7-9,14H,4-6,10H2,1-3H3,(H,19,22)/t14-/m0/s1. The number of halogens is 2. The second-order valence-corrected chi connectivity index (χ2v) is 5.89. The van der Waals surface area contributed by atoms with E-state index < -0.39 is 6.04 Å². The van der Waals surface area contributed by atoms with E-state index in [2.05, 4.69) is 5.32 Å². The first-order valence-corrected chi connectivity index (χ1v) is 8.15. The summed E-state index contributed by atoms with van der Waals surface area (Å²) in [5, 5.41) is 3.65. The van der Waals surface area contributed by atoms with Crippen molar-refractivity contribution in [1.82, 2.24) is 10.2 Å². The number of rotatable bonds is 7. The minimum absolute atomic E-state index is 0.0519. The van der Waals surface area contributed by atoms with Crippen LogP contribution in [0.3, 0.4) is 0 Å². The highest BCUT2D eigenvalue weighted by molar-refractivity contribution is 6.35. The zero-order valence-electron chi connectivity index (χ0n) is 13.2. The largest absolute Gasteiger partial charge is 0.357 e. The smallest absolute Gasteiger partial charge is 0.242 e. The second kappa shape index (κ2) is 9.01. The van der Waals surface area contributed by atoms with E-state index in [0.29, 0.717) is 29.4 Å². The van der Waals surface area contributed by atoms with Gasteiger partial charge in [0.2, 0.25) is 11.8 Å². The van der Waals surface area contributed by atoms with Gasteiger partial charge in [-0.2, -0.15) is 0 Å². The van der Waals surface area contributed by atoms with Crippen molar-refractivity contribution in [2.45, 2.75) is 45.7 Å². The van der Waals surface area contributed by atoms with E-state index in [1.54, 1.807) is 30.1 Å². The van der Waals surface area contributed by atoms with Crippen molar-refractivity contribution < 1.29 is 9.59 Å². The molecular weight excluding hydrogens is 323 g/mol. The summed E-state index contributed by atoms with van der Waals surface area (Å²) in [5.74, 6) is -0.221. The summed E-state index contributed by atoms with van der Waals surface area (Å²) < 4.78 is 0. The van der Waals surface area contributed by atoms with E-state index in [1.807, 2.05) is 13.8 Å². The molecule has 1 aromatic carbocycles. The van der Waals surface area contributed by atoms with Gasteiger partial charge in [0.1, 0.15) is 6.04 Å². The Labute approximate surface area is 141 Å². The summed E-state index contributed by atoms with van der Waals surface area (Å²) >= 11 is 12.1. The average molecular weight is 345 g/mol. The first-order valence-electron chi connectivity index (χ1n) is 7.39. The average Bonchev–Trinajstić information content (AvgIpc) is 2.49. The SMILES string of the molecule is CCCC(=O)N(Cc1ccc(Cl)cc1Cl)[C@@H](CC)C(=O)NC. The van der Waals surface area contributed by atoms with Gasteiger partial charge in [-0.3, -0.25) is 9.59 Å². The van der Waals surface area contributed by atoms with Gasteiger partial charge in [-0.25, -0.2) is 0 Å². The van der Waals surface area contributed by atoms with Crippen LogP contribution in [0.2, 0.25) is 10.0 Å². The molecule has 1 rings (SSSR count). The molecule has 0 aliphatic carbocycles. The van der Waals surface area contributed by atoms with E-state index in [-0.39, 0.29) is 11.8 Å². The van der Waals surface area contributed by atoms with Crippen molar-refractivity contribution in [3.05, 3.63) is 33.8 Å². The first kappa shape index (κ1) is 18.8. The molecule has 122 valence electrons. The van der Waals surface area contributed by atoms with Crippen molar-refractivity contribution in [3.8, 4) is 0 Å². The summed E-state index contributed by atoms with van der Waals surface area (Å²) in [6.45, 7) is 4.11. The van der Waals surface area contributed by atoms with Crippen LogP contribution in [0.25, 0.3) is 0 Å². The van der Waals surface area contributed by atoms with Crippen LogP contribution in [0, 0.1) is 0 Å². The molecule has 0 spiro atoms. The fourth-order valence-electron chi connectivity index (χ4n) is 2.28. The van der Waals surface area contributed by atoms with Crippen LogP contribution in [-0.4, -0.2) is 29.8 Å². The maximum Gasteiger partial charge on any atom is 0.242 e. The normalized spacial score (nSPS) is 11.9. The van der Waals surface area contributed by atoms with E-state index in [9.17, 15) is 9.59 Å². The predicted octanol–water partition coefficient (Wildman–Crippen LogP) is 3.65. The Morgan fingerprint density at radius 2 is 1.95 bits per heavy atom. The number of nitrogens with one attached hydrogen (secondary N) is 1. The molecule has 0 saturated heterocycles. The van der Waals surface area contributed by atoms with Crippen molar-refractivity contribution >= 4 is 35.0 Å². The van der Waals surface area contributed by atoms with Crippen LogP contribution in [0.1, 0.15) is 38.7 Å². The molecule has 0 fully saturated rings. The van der Waals surface area contributed by atoms with Gasteiger partial charge in [-0.05, 0) is 30.5 Å². The number of amides is 2. The molecule has 0 unspecified atom stereocenters. The zero-order chi connectivity index (χ0) is 16.7. The summed E-state index contributed by atoms with van der Waals surface area (Å²) in [6, 6.07) is 4.65. The van der Waals surface area contributed by atoms with Crippen molar-refractivity contribution in [2.24, 2.45) is 0 Å². The number of hydrogen-bond donors (Lipinski definition) is 1. The van der Waals surface area contributed by atoms with Gasteiger partial charge in [0.05, 0.1) is 0 Å². The molecule has 1 N–H and O–H groups in total. The van der Waals surface area contributed by atoms with Crippen LogP contribution in [0.4, 0.5) is 0 Å². The minimum atomic E-state index is -0.504. The Hall–Kier alpha value is -1.26. The van der Waals surface area contributed by atoms with E-state index in [4.69, 9.17) is 23.2 Å². The van der Waals surface area contributed by atoms with Crippen molar-refractivity contribution in [2.75, 3.05) is 7.05 Å². The Balaban J connectivity index is 3.09. The number of likely N-dealkylation sites (N-methyl/N-ethyl adjacent to an activating group) is 1. The van der Waals surface area contributed by atoms with Crippen LogP contribution >= 0.6 is 23.2 Å². The molecule has 0 aliphatic heterocycles. The Morgan fingerprint density at radius 3 is 2.45 bits per heavy atom. The maximum absolute atomic E-state index is 12.4. The molecule has 0 radical (unpaired) electrons. The zero-order valence-corrected chi connectivity index (χ0v) is 14.7. The van der Waals surface area contributed by atoms with Crippen LogP contribution in [0.15, 0.2) is 18.2 Å². The molecule has 0 aromatic heterocycles. The highest BCUT2D eigenvalue weighted by atomic mass is 35.5. The van der Waals surface area contributed by atoms with Gasteiger partial charge in [0.25, 0.3) is 0 Å². The summed E-state index contributed by atoms with van der Waals surface area (Å²) in [5.41, 5.74) is 0.776. The van der Waals surface area contributed by atoms with Gasteiger partial charge < -0.3 is 10.2 Å². The monoisotopic (exact) mass is 344 g/mol. The molecule has 2 amide bonds. The molecule has 0 heterocycles. The molecule has 1 aromatic rings. The fourth-order valence-corrected chi connectivity index (χ4v) is 2.75. The number of benzene rings is 1. The van der Waals surface area contributed by atoms with Crippen molar-refractivity contribution in [3.63, 3.8) is 0 Å². The lowest BCUT2D eigenvalue weighted by atomic mass is 10.1. The lowest BCUT2D eigenvalue weighted by Gasteiger charge is -2.30. The third-order valence-corrected chi connectivity index (χ3v) is 4.04. The van der Waals surface area contributed by atoms with Gasteiger partial charge in [0, 0.05) is 30.1 Å². The summed E-state index contributed by atoms with van der Waals surface area (Å²) in [6.07, 6.45) is 1.67. The molecule has 22 heavy (non-hydrogen) atoms. The highest BCUT2D eigenvalue weighted by Crippen LogP contribution is 2.24. The summed E-state index contributed by atoms with van der Waals surface area (Å²) in [4.78, 5) is 26.1. The van der Waals surface area contributed by atoms with Crippen LogP contribution in [0.5, 0.6) is 0 Å². The second-order valence-electron chi connectivity index (χ2n) is 5.05. The van der Waals surface area contributed by atoms with Gasteiger partial charge in [-0.15, -0.1) is 0 Å². The highest BCUT2D eigenvalue weighted by Gasteiger charge is 2.27. The predicted molar refractivity (Wildman–Crippen MR) is 90.1 cm³/mol. The van der Waals surface area contributed by atoms with Crippen LogP contribution < -0.4 is 5.32 Å².